The summed E-state index contributed by atoms with van der Waals surface area (Å²) in [5.41, 5.74) is 0.904. The van der Waals surface area contributed by atoms with Crippen LogP contribution in [0.3, 0.4) is 0 Å². The fourth-order valence-corrected chi connectivity index (χ4v) is 3.06. The average molecular weight is 337 g/mol. The second-order valence-electron chi connectivity index (χ2n) is 6.07. The molecule has 4 rings (SSSR count). The number of nitrogens with zero attached hydrogens (tertiary/aromatic N) is 2. The maximum absolute atomic E-state index is 12.2. The molecule has 0 saturated carbocycles. The van der Waals surface area contributed by atoms with E-state index in [0.717, 1.165) is 36.6 Å². The van der Waals surface area contributed by atoms with Crippen molar-refractivity contribution in [1.82, 2.24) is 10.3 Å². The number of ether oxygens (including phenoxy) is 2. The van der Waals surface area contributed by atoms with Crippen molar-refractivity contribution in [3.05, 3.63) is 54.2 Å². The zero-order valence-electron chi connectivity index (χ0n) is 13.7. The fraction of sp³-hybridized carbons (Fsp3) is 0.263. The van der Waals surface area contributed by atoms with Crippen molar-refractivity contribution in [2.75, 3.05) is 24.8 Å². The van der Waals surface area contributed by atoms with E-state index in [1.165, 1.54) is 0 Å². The Morgan fingerprint density at radius 1 is 1.24 bits per heavy atom. The molecular formula is C19H19N3O3. The molecule has 1 amide bonds. The largest absolute Gasteiger partial charge is 0.454 e. The number of nitrogens with one attached hydrogen (secondary N) is 1. The van der Waals surface area contributed by atoms with E-state index in [2.05, 4.69) is 15.2 Å². The molecule has 6 nitrogen and oxygen atoms in total. The first-order valence-corrected chi connectivity index (χ1v) is 8.32. The summed E-state index contributed by atoms with van der Waals surface area (Å²) < 4.78 is 10.6. The maximum atomic E-state index is 12.2. The highest BCUT2D eigenvalue weighted by Gasteiger charge is 2.24. The highest BCUT2D eigenvalue weighted by Crippen LogP contribution is 2.32. The zero-order valence-corrected chi connectivity index (χ0v) is 13.7. The molecule has 2 aromatic rings. The molecule has 1 atom stereocenters. The van der Waals surface area contributed by atoms with E-state index >= 15 is 0 Å². The smallest absolute Gasteiger partial charge is 0.244 e. The van der Waals surface area contributed by atoms with Gasteiger partial charge < -0.3 is 19.7 Å². The minimum absolute atomic E-state index is 0.0921. The van der Waals surface area contributed by atoms with E-state index in [1.807, 2.05) is 36.4 Å². The summed E-state index contributed by atoms with van der Waals surface area (Å²) in [7, 11) is 0. The second-order valence-corrected chi connectivity index (χ2v) is 6.07. The third-order valence-corrected chi connectivity index (χ3v) is 4.33. The lowest BCUT2D eigenvalue weighted by Gasteiger charge is -2.17. The van der Waals surface area contributed by atoms with Gasteiger partial charge in [0.05, 0.1) is 0 Å². The van der Waals surface area contributed by atoms with Gasteiger partial charge in [-0.05, 0) is 42.3 Å². The molecule has 1 fully saturated rings. The lowest BCUT2D eigenvalue weighted by atomic mass is 10.2. The predicted molar refractivity (Wildman–Crippen MR) is 94.6 cm³/mol. The molecule has 2 aliphatic rings. The van der Waals surface area contributed by atoms with Gasteiger partial charge in [-0.15, -0.1) is 0 Å². The molecule has 1 aromatic heterocycles. The number of fused-ring (bicyclic) bond motifs is 1. The first-order chi connectivity index (χ1) is 12.3. The summed E-state index contributed by atoms with van der Waals surface area (Å²) in [4.78, 5) is 18.7. The number of anilines is 1. The van der Waals surface area contributed by atoms with Gasteiger partial charge in [0.25, 0.3) is 0 Å². The lowest BCUT2D eigenvalue weighted by Crippen LogP contribution is -2.36. The Bertz CT molecular complexity index is 792. The molecule has 1 N–H and O–H groups in total. The Kier molecular flexibility index (Phi) is 4.24. The van der Waals surface area contributed by atoms with Gasteiger partial charge in [-0.1, -0.05) is 12.1 Å². The van der Waals surface area contributed by atoms with Crippen molar-refractivity contribution >= 4 is 17.8 Å². The number of hydrogen-bond acceptors (Lipinski definition) is 5. The number of pyridine rings is 1. The zero-order chi connectivity index (χ0) is 17.1. The quantitative estimate of drug-likeness (QED) is 0.867. The summed E-state index contributed by atoms with van der Waals surface area (Å²) in [5, 5.41) is 3.05. The first kappa shape index (κ1) is 15.5. The fourth-order valence-electron chi connectivity index (χ4n) is 3.06. The first-order valence-electron chi connectivity index (χ1n) is 8.32. The van der Waals surface area contributed by atoms with Gasteiger partial charge in [-0.2, -0.15) is 0 Å². The lowest BCUT2D eigenvalue weighted by molar-refractivity contribution is -0.117. The van der Waals surface area contributed by atoms with Crippen LogP contribution in [-0.2, 0) is 4.79 Å². The standard InChI is InChI=1S/C19H19N3O3/c23-19(7-5-14-4-6-16-17(11-14)25-13-24-16)21-15-8-10-22(12-15)18-3-1-2-9-20-18/h1-7,9,11,15H,8,10,12-13H2,(H,21,23)/b7-5+. The van der Waals surface area contributed by atoms with Crippen molar-refractivity contribution in [2.45, 2.75) is 12.5 Å². The van der Waals surface area contributed by atoms with Crippen LogP contribution < -0.4 is 19.7 Å². The van der Waals surface area contributed by atoms with Crippen molar-refractivity contribution in [3.63, 3.8) is 0 Å². The van der Waals surface area contributed by atoms with E-state index in [0.29, 0.717) is 5.75 Å². The van der Waals surface area contributed by atoms with Crippen LogP contribution in [0.2, 0.25) is 0 Å². The van der Waals surface area contributed by atoms with Crippen LogP contribution in [0.5, 0.6) is 11.5 Å². The van der Waals surface area contributed by atoms with Crippen LogP contribution in [0.15, 0.2) is 48.7 Å². The Hall–Kier alpha value is -3.02. The van der Waals surface area contributed by atoms with Gasteiger partial charge in [0, 0.05) is 31.4 Å². The summed E-state index contributed by atoms with van der Waals surface area (Å²) in [5.74, 6) is 2.31. The Balaban J connectivity index is 1.32. The Morgan fingerprint density at radius 3 is 3.04 bits per heavy atom. The number of hydrogen-bond donors (Lipinski definition) is 1. The molecule has 1 unspecified atom stereocenters. The normalized spacial score (nSPS) is 18.7. The molecule has 3 heterocycles. The van der Waals surface area contributed by atoms with Gasteiger partial charge in [-0.25, -0.2) is 4.98 Å². The second kappa shape index (κ2) is 6.84. The number of benzene rings is 1. The molecule has 128 valence electrons. The SMILES string of the molecule is O=C(/C=C/c1ccc2c(c1)OCO2)NC1CCN(c2ccccn2)C1. The van der Waals surface area contributed by atoms with E-state index < -0.39 is 0 Å². The van der Waals surface area contributed by atoms with Gasteiger partial charge in [0.1, 0.15) is 5.82 Å². The Labute approximate surface area is 146 Å². The van der Waals surface area contributed by atoms with Gasteiger partial charge >= 0.3 is 0 Å². The monoisotopic (exact) mass is 337 g/mol. The van der Waals surface area contributed by atoms with Crippen LogP contribution in [0.25, 0.3) is 6.08 Å². The van der Waals surface area contributed by atoms with Crippen LogP contribution >= 0.6 is 0 Å². The van der Waals surface area contributed by atoms with E-state index in [-0.39, 0.29) is 18.7 Å². The van der Waals surface area contributed by atoms with Gasteiger partial charge in [-0.3, -0.25) is 4.79 Å². The van der Waals surface area contributed by atoms with Crippen molar-refractivity contribution < 1.29 is 14.3 Å². The van der Waals surface area contributed by atoms with E-state index in [9.17, 15) is 4.79 Å². The van der Waals surface area contributed by atoms with Gasteiger partial charge in [0.15, 0.2) is 11.5 Å². The Morgan fingerprint density at radius 2 is 2.16 bits per heavy atom. The van der Waals surface area contributed by atoms with Crippen molar-refractivity contribution in [3.8, 4) is 11.5 Å². The number of amides is 1. The molecule has 2 aliphatic heterocycles. The van der Waals surface area contributed by atoms with Crippen molar-refractivity contribution in [1.29, 1.82) is 0 Å². The van der Waals surface area contributed by atoms with Crippen LogP contribution in [0.1, 0.15) is 12.0 Å². The molecule has 1 saturated heterocycles. The maximum Gasteiger partial charge on any atom is 0.244 e. The number of rotatable bonds is 4. The molecule has 6 heteroatoms. The van der Waals surface area contributed by atoms with Crippen LogP contribution in [-0.4, -0.2) is 36.8 Å². The van der Waals surface area contributed by atoms with Gasteiger partial charge in [0.2, 0.25) is 12.7 Å². The molecule has 0 spiro atoms. The third kappa shape index (κ3) is 3.57. The average Bonchev–Trinajstić information content (AvgIpc) is 3.29. The molecular weight excluding hydrogens is 318 g/mol. The number of aromatic nitrogens is 1. The molecule has 1 aromatic carbocycles. The van der Waals surface area contributed by atoms with E-state index in [4.69, 9.17) is 9.47 Å². The van der Waals surface area contributed by atoms with Crippen molar-refractivity contribution in [2.24, 2.45) is 0 Å². The minimum Gasteiger partial charge on any atom is -0.454 e. The number of carbonyl (C=O) groups excluding carboxylic acids is 1. The predicted octanol–water partition coefficient (Wildman–Crippen LogP) is 2.22. The van der Waals surface area contributed by atoms with Crippen LogP contribution in [0, 0.1) is 0 Å². The summed E-state index contributed by atoms with van der Waals surface area (Å²) >= 11 is 0. The summed E-state index contributed by atoms with van der Waals surface area (Å²) in [6, 6.07) is 11.6. The molecule has 25 heavy (non-hydrogen) atoms. The summed E-state index contributed by atoms with van der Waals surface area (Å²) in [6.07, 6.45) is 6.04. The highest BCUT2D eigenvalue weighted by atomic mass is 16.7. The third-order valence-electron chi connectivity index (χ3n) is 4.33. The molecule has 0 radical (unpaired) electrons. The molecule has 0 aliphatic carbocycles. The molecule has 0 bridgehead atoms. The topological polar surface area (TPSA) is 63.7 Å². The van der Waals surface area contributed by atoms with E-state index in [1.54, 1.807) is 18.3 Å². The minimum atomic E-state index is -0.0921. The highest BCUT2D eigenvalue weighted by molar-refractivity contribution is 5.92. The summed E-state index contributed by atoms with van der Waals surface area (Å²) in [6.45, 7) is 1.92. The van der Waals surface area contributed by atoms with Crippen LogP contribution in [0.4, 0.5) is 5.82 Å². The number of carbonyl (C=O) groups is 1.